The van der Waals surface area contributed by atoms with E-state index < -0.39 is 5.41 Å². The van der Waals surface area contributed by atoms with Crippen molar-refractivity contribution >= 4 is 44.5 Å². The van der Waals surface area contributed by atoms with E-state index in [-0.39, 0.29) is 0 Å². The molecular formula is C63H42. The molecule has 0 heteroatoms. The first kappa shape index (κ1) is 36.8. The first-order valence-corrected chi connectivity index (χ1v) is 21.9. The van der Waals surface area contributed by atoms with Crippen molar-refractivity contribution in [2.24, 2.45) is 0 Å². The molecule has 0 N–H and O–H groups in total. The Kier molecular flexibility index (Phi) is 8.83. The Hall–Kier alpha value is -8.06. The van der Waals surface area contributed by atoms with Gasteiger partial charge in [0.1, 0.15) is 0 Å². The van der Waals surface area contributed by atoms with Crippen molar-refractivity contribution < 1.29 is 0 Å². The highest BCUT2D eigenvalue weighted by Gasteiger charge is 2.45. The quantitative estimate of drug-likeness (QED) is 0.111. The van der Waals surface area contributed by atoms with Crippen LogP contribution in [0.25, 0.3) is 89.0 Å². The zero-order chi connectivity index (χ0) is 41.7. The molecule has 0 atom stereocenters. The van der Waals surface area contributed by atoms with Gasteiger partial charge in [-0.15, -0.1) is 0 Å². The standard InChI is InChI=1S/C63H42/c1-3-17-44(18-4-1)45-34-31-43(32-35-45)33-36-46-39-42-58(51-22-8-7-21-50(46)51)62-56-27-11-9-25-54(56)61(55-26-10-12-28-57(55)62)47-37-40-49(41-38-47)63(48-19-5-2-6-20-48)59-29-15-13-23-52(59)53-24-14-16-30-60(53)63/h1-42H/b36-33+. The highest BCUT2D eigenvalue weighted by molar-refractivity contribution is 6.23. The van der Waals surface area contributed by atoms with Crippen LogP contribution >= 0.6 is 0 Å². The zero-order valence-electron chi connectivity index (χ0n) is 34.7. The number of hydrogen-bond donors (Lipinski definition) is 0. The van der Waals surface area contributed by atoms with Gasteiger partial charge in [0, 0.05) is 0 Å². The van der Waals surface area contributed by atoms with Crippen molar-refractivity contribution in [3.63, 3.8) is 0 Å². The van der Waals surface area contributed by atoms with Gasteiger partial charge >= 0.3 is 0 Å². The lowest BCUT2D eigenvalue weighted by molar-refractivity contribution is 0.768. The fourth-order valence-electron chi connectivity index (χ4n) is 10.6. The van der Waals surface area contributed by atoms with Crippen molar-refractivity contribution in [2.75, 3.05) is 0 Å². The summed E-state index contributed by atoms with van der Waals surface area (Å²) >= 11 is 0. The molecule has 0 spiro atoms. The van der Waals surface area contributed by atoms with Crippen LogP contribution in [0.5, 0.6) is 0 Å². The first-order valence-electron chi connectivity index (χ1n) is 21.9. The predicted molar refractivity (Wildman–Crippen MR) is 268 cm³/mol. The minimum Gasteiger partial charge on any atom is -0.0622 e. The van der Waals surface area contributed by atoms with E-state index in [4.69, 9.17) is 0 Å². The lowest BCUT2D eigenvalue weighted by Gasteiger charge is -2.34. The Bertz CT molecular complexity index is 3420. The number of hydrogen-bond acceptors (Lipinski definition) is 0. The Labute approximate surface area is 368 Å². The highest BCUT2D eigenvalue weighted by atomic mass is 14.5. The van der Waals surface area contributed by atoms with Crippen molar-refractivity contribution in [1.29, 1.82) is 0 Å². The van der Waals surface area contributed by atoms with Crippen LogP contribution in [-0.2, 0) is 5.41 Å². The summed E-state index contributed by atoms with van der Waals surface area (Å²) in [6.45, 7) is 0. The molecule has 0 heterocycles. The predicted octanol–water partition coefficient (Wildman–Crippen LogP) is 16.7. The van der Waals surface area contributed by atoms with E-state index in [2.05, 4.69) is 255 Å². The number of rotatable bonds is 7. The van der Waals surface area contributed by atoms with Gasteiger partial charge in [0.05, 0.1) is 5.41 Å². The molecular weight excluding hydrogens is 757 g/mol. The van der Waals surface area contributed by atoms with E-state index in [9.17, 15) is 0 Å². The van der Waals surface area contributed by atoms with Gasteiger partial charge in [-0.2, -0.15) is 0 Å². The molecule has 1 aliphatic rings. The molecule has 294 valence electrons. The maximum Gasteiger partial charge on any atom is 0.0713 e. The Morgan fingerprint density at radius 3 is 1.30 bits per heavy atom. The molecule has 12 rings (SSSR count). The van der Waals surface area contributed by atoms with E-state index in [1.54, 1.807) is 0 Å². The Morgan fingerprint density at radius 1 is 0.254 bits per heavy atom. The monoisotopic (exact) mass is 798 g/mol. The van der Waals surface area contributed by atoms with Gasteiger partial charge < -0.3 is 0 Å². The molecule has 63 heavy (non-hydrogen) atoms. The Balaban J connectivity index is 0.992. The summed E-state index contributed by atoms with van der Waals surface area (Å²) in [5.41, 5.74) is 17.2. The van der Waals surface area contributed by atoms with Crippen LogP contribution in [0.15, 0.2) is 243 Å². The maximum absolute atomic E-state index is 2.38. The average Bonchev–Trinajstić information content (AvgIpc) is 3.67. The first-order chi connectivity index (χ1) is 31.3. The third-order valence-corrected chi connectivity index (χ3v) is 13.4. The molecule has 0 bridgehead atoms. The van der Waals surface area contributed by atoms with Crippen LogP contribution in [0.4, 0.5) is 0 Å². The van der Waals surface area contributed by atoms with Gasteiger partial charge in [-0.25, -0.2) is 0 Å². The maximum atomic E-state index is 2.38. The van der Waals surface area contributed by atoms with Gasteiger partial charge in [0.15, 0.2) is 0 Å². The molecule has 0 nitrogen and oxygen atoms in total. The third kappa shape index (κ3) is 5.91. The SMILES string of the molecule is C(=C\c1ccc(-c2c3ccccc3c(-c3ccc(C4(c5ccccc5)c5ccccc5-c5ccccc54)cc3)c3ccccc23)c2ccccc12)/c1ccc(-c2ccccc2)cc1. The van der Waals surface area contributed by atoms with Crippen molar-refractivity contribution in [3.05, 3.63) is 276 Å². The average molecular weight is 799 g/mol. The van der Waals surface area contributed by atoms with Gasteiger partial charge in [-0.3, -0.25) is 0 Å². The van der Waals surface area contributed by atoms with Gasteiger partial charge in [-0.05, 0) is 110 Å². The summed E-state index contributed by atoms with van der Waals surface area (Å²) in [7, 11) is 0. The molecule has 0 aromatic heterocycles. The summed E-state index contributed by atoms with van der Waals surface area (Å²) < 4.78 is 0. The van der Waals surface area contributed by atoms with Crippen LogP contribution in [0.2, 0.25) is 0 Å². The summed E-state index contributed by atoms with van der Waals surface area (Å²) in [6.07, 6.45) is 4.49. The van der Waals surface area contributed by atoms with E-state index in [0.29, 0.717) is 0 Å². The summed E-state index contributed by atoms with van der Waals surface area (Å²) in [4.78, 5) is 0. The molecule has 0 fully saturated rings. The van der Waals surface area contributed by atoms with Crippen LogP contribution in [0.3, 0.4) is 0 Å². The van der Waals surface area contributed by atoms with E-state index in [0.717, 1.165) is 0 Å². The zero-order valence-corrected chi connectivity index (χ0v) is 34.7. The summed E-state index contributed by atoms with van der Waals surface area (Å²) in [5, 5.41) is 7.49. The molecule has 11 aromatic carbocycles. The Morgan fingerprint density at radius 2 is 0.698 bits per heavy atom. The molecule has 0 saturated heterocycles. The molecule has 11 aromatic rings. The van der Waals surface area contributed by atoms with Crippen molar-refractivity contribution in [2.45, 2.75) is 5.41 Å². The van der Waals surface area contributed by atoms with Crippen LogP contribution in [0, 0.1) is 0 Å². The van der Waals surface area contributed by atoms with Crippen molar-refractivity contribution in [1.82, 2.24) is 0 Å². The normalized spacial score (nSPS) is 12.8. The van der Waals surface area contributed by atoms with Gasteiger partial charge in [0.25, 0.3) is 0 Å². The molecule has 0 aliphatic heterocycles. The number of fused-ring (bicyclic) bond motifs is 6. The van der Waals surface area contributed by atoms with Gasteiger partial charge in [-0.1, -0.05) is 255 Å². The lowest BCUT2D eigenvalue weighted by Crippen LogP contribution is -2.28. The second-order valence-electron chi connectivity index (χ2n) is 16.7. The van der Waals surface area contributed by atoms with Crippen LogP contribution in [-0.4, -0.2) is 0 Å². The van der Waals surface area contributed by atoms with E-state index >= 15 is 0 Å². The second kappa shape index (κ2) is 15.1. The minimum atomic E-state index is -0.434. The highest BCUT2D eigenvalue weighted by Crippen LogP contribution is 2.56. The molecule has 0 saturated carbocycles. The molecule has 0 radical (unpaired) electrons. The largest absolute Gasteiger partial charge is 0.0713 e. The van der Waals surface area contributed by atoms with Crippen LogP contribution in [0.1, 0.15) is 33.4 Å². The lowest BCUT2D eigenvalue weighted by atomic mass is 9.67. The fourth-order valence-corrected chi connectivity index (χ4v) is 10.6. The second-order valence-corrected chi connectivity index (χ2v) is 16.7. The molecule has 1 aliphatic carbocycles. The third-order valence-electron chi connectivity index (χ3n) is 13.4. The number of benzene rings is 11. The fraction of sp³-hybridized carbons (Fsp3) is 0.0159. The summed E-state index contributed by atoms with van der Waals surface area (Å²) in [6, 6.07) is 89.4. The smallest absolute Gasteiger partial charge is 0.0622 e. The summed E-state index contributed by atoms with van der Waals surface area (Å²) in [5.74, 6) is 0. The molecule has 0 unspecified atom stereocenters. The minimum absolute atomic E-state index is 0.434. The van der Waals surface area contributed by atoms with Gasteiger partial charge in [0.2, 0.25) is 0 Å². The van der Waals surface area contributed by atoms with E-state index in [1.807, 2.05) is 0 Å². The van der Waals surface area contributed by atoms with E-state index in [1.165, 1.54) is 110 Å². The van der Waals surface area contributed by atoms with Crippen LogP contribution < -0.4 is 0 Å². The topological polar surface area (TPSA) is 0 Å². The van der Waals surface area contributed by atoms with Crippen molar-refractivity contribution in [3.8, 4) is 44.5 Å². The molecule has 0 amide bonds.